The molecule has 0 bridgehead atoms. The molecule has 3 aromatic carbocycles. The Kier molecular flexibility index (Phi) is 8.32. The Bertz CT molecular complexity index is 1210. The lowest BCUT2D eigenvalue weighted by atomic mass is 10.1. The average Bonchev–Trinajstić information content (AvgIpc) is 3.18. The summed E-state index contributed by atoms with van der Waals surface area (Å²) in [6, 6.07) is 27.7. The van der Waals surface area contributed by atoms with Gasteiger partial charge in [0.1, 0.15) is 5.75 Å². The first-order valence-electron chi connectivity index (χ1n) is 11.9. The molecular formula is C29H33N3O3. The number of rotatable bonds is 11. The fourth-order valence-corrected chi connectivity index (χ4v) is 4.06. The lowest BCUT2D eigenvalue weighted by Crippen LogP contribution is -2.31. The maximum atomic E-state index is 10.9. The van der Waals surface area contributed by atoms with E-state index < -0.39 is 6.10 Å². The number of hydrogen-bond donors (Lipinski definition) is 1. The molecule has 6 heteroatoms. The van der Waals surface area contributed by atoms with Crippen LogP contribution in [0, 0.1) is 13.8 Å². The molecule has 0 spiro atoms. The van der Waals surface area contributed by atoms with E-state index in [-0.39, 0.29) is 0 Å². The zero-order valence-electron chi connectivity index (χ0n) is 20.6. The van der Waals surface area contributed by atoms with E-state index in [4.69, 9.17) is 14.6 Å². The number of methoxy groups -OCH3 is 1. The summed E-state index contributed by atoms with van der Waals surface area (Å²) < 4.78 is 13.7. The van der Waals surface area contributed by atoms with Crippen molar-refractivity contribution in [3.05, 3.63) is 107 Å². The van der Waals surface area contributed by atoms with Crippen LogP contribution >= 0.6 is 0 Å². The number of ether oxygens (including phenoxy) is 2. The number of aliphatic hydroxyl groups excluding tert-OH is 1. The van der Waals surface area contributed by atoms with Crippen LogP contribution in [0.25, 0.3) is 5.69 Å². The van der Waals surface area contributed by atoms with E-state index in [9.17, 15) is 5.11 Å². The molecule has 0 saturated heterocycles. The van der Waals surface area contributed by atoms with Gasteiger partial charge >= 0.3 is 0 Å². The number of benzene rings is 3. The number of aryl methyl sites for hydroxylation is 2. The van der Waals surface area contributed by atoms with E-state index in [0.717, 1.165) is 33.8 Å². The standard InChI is InChI=1S/C29H33N3O3/c1-22-11-10-16-26(19-22)35-29-27(23(2)30-32(29)25-14-8-5-9-15-25)20-31(17-18-34-3)21-28(33)24-12-6-4-7-13-24/h4-16,19,28,33H,17-18,20-21H2,1-3H3. The van der Waals surface area contributed by atoms with Crippen molar-refractivity contribution in [2.24, 2.45) is 0 Å². The van der Waals surface area contributed by atoms with Gasteiger partial charge in [0.25, 0.3) is 0 Å². The predicted molar refractivity (Wildman–Crippen MR) is 138 cm³/mol. The van der Waals surface area contributed by atoms with Gasteiger partial charge in [-0.2, -0.15) is 5.10 Å². The van der Waals surface area contributed by atoms with Gasteiger partial charge in [0.2, 0.25) is 5.88 Å². The minimum Gasteiger partial charge on any atom is -0.439 e. The highest BCUT2D eigenvalue weighted by Gasteiger charge is 2.23. The third kappa shape index (κ3) is 6.36. The van der Waals surface area contributed by atoms with Crippen molar-refractivity contribution in [1.29, 1.82) is 0 Å². The number of aliphatic hydroxyl groups is 1. The van der Waals surface area contributed by atoms with Crippen molar-refractivity contribution in [2.75, 3.05) is 26.8 Å². The van der Waals surface area contributed by atoms with Crippen LogP contribution in [0.2, 0.25) is 0 Å². The highest BCUT2D eigenvalue weighted by Crippen LogP contribution is 2.32. The smallest absolute Gasteiger partial charge is 0.227 e. The molecule has 0 amide bonds. The molecule has 1 N–H and O–H groups in total. The van der Waals surface area contributed by atoms with E-state index in [1.165, 1.54) is 0 Å². The lowest BCUT2D eigenvalue weighted by molar-refractivity contribution is 0.0844. The summed E-state index contributed by atoms with van der Waals surface area (Å²) >= 11 is 0. The number of aromatic nitrogens is 2. The molecule has 1 aromatic heterocycles. The number of para-hydroxylation sites is 1. The zero-order valence-corrected chi connectivity index (χ0v) is 20.6. The van der Waals surface area contributed by atoms with Gasteiger partial charge in [-0.05, 0) is 49.2 Å². The van der Waals surface area contributed by atoms with Crippen molar-refractivity contribution in [3.8, 4) is 17.3 Å². The van der Waals surface area contributed by atoms with E-state index in [1.807, 2.05) is 103 Å². The monoisotopic (exact) mass is 471 g/mol. The molecule has 4 rings (SSSR count). The maximum absolute atomic E-state index is 10.9. The van der Waals surface area contributed by atoms with Gasteiger partial charge in [0, 0.05) is 26.7 Å². The van der Waals surface area contributed by atoms with Crippen molar-refractivity contribution in [1.82, 2.24) is 14.7 Å². The van der Waals surface area contributed by atoms with Gasteiger partial charge in [-0.3, -0.25) is 4.90 Å². The third-order valence-electron chi connectivity index (χ3n) is 5.95. The molecule has 0 fully saturated rings. The van der Waals surface area contributed by atoms with Gasteiger partial charge in [-0.25, -0.2) is 4.68 Å². The Morgan fingerprint density at radius 1 is 0.943 bits per heavy atom. The molecule has 6 nitrogen and oxygen atoms in total. The fourth-order valence-electron chi connectivity index (χ4n) is 4.06. The van der Waals surface area contributed by atoms with Gasteiger partial charge in [-0.15, -0.1) is 0 Å². The molecule has 0 aliphatic heterocycles. The molecule has 0 saturated carbocycles. The second-order valence-electron chi connectivity index (χ2n) is 8.69. The van der Waals surface area contributed by atoms with Crippen LogP contribution < -0.4 is 4.74 Å². The van der Waals surface area contributed by atoms with Crippen LogP contribution in [-0.4, -0.2) is 46.6 Å². The summed E-state index contributed by atoms with van der Waals surface area (Å²) in [5.74, 6) is 1.44. The summed E-state index contributed by atoms with van der Waals surface area (Å²) in [4.78, 5) is 2.18. The SMILES string of the molecule is COCCN(Cc1c(C)nn(-c2ccccc2)c1Oc1cccc(C)c1)CC(O)c1ccccc1. The molecule has 1 unspecified atom stereocenters. The van der Waals surface area contributed by atoms with Crippen LogP contribution in [0.3, 0.4) is 0 Å². The van der Waals surface area contributed by atoms with E-state index in [1.54, 1.807) is 7.11 Å². The van der Waals surface area contributed by atoms with Crippen LogP contribution in [0.1, 0.15) is 28.5 Å². The molecule has 35 heavy (non-hydrogen) atoms. The molecule has 1 atom stereocenters. The molecule has 0 aliphatic rings. The highest BCUT2D eigenvalue weighted by atomic mass is 16.5. The summed E-state index contributed by atoms with van der Waals surface area (Å²) in [6.07, 6.45) is -0.612. The van der Waals surface area contributed by atoms with Gasteiger partial charge in [0.15, 0.2) is 0 Å². The Balaban J connectivity index is 1.68. The van der Waals surface area contributed by atoms with Crippen molar-refractivity contribution in [3.63, 3.8) is 0 Å². The second kappa shape index (κ2) is 11.8. The Morgan fingerprint density at radius 3 is 2.34 bits per heavy atom. The van der Waals surface area contributed by atoms with Crippen LogP contribution in [0.5, 0.6) is 11.6 Å². The largest absolute Gasteiger partial charge is 0.439 e. The maximum Gasteiger partial charge on any atom is 0.227 e. The summed E-state index contributed by atoms with van der Waals surface area (Å²) in [5.41, 5.74) is 4.80. The second-order valence-corrected chi connectivity index (χ2v) is 8.69. The van der Waals surface area contributed by atoms with Gasteiger partial charge < -0.3 is 14.6 Å². The third-order valence-corrected chi connectivity index (χ3v) is 5.95. The van der Waals surface area contributed by atoms with Gasteiger partial charge in [-0.1, -0.05) is 60.7 Å². The average molecular weight is 472 g/mol. The quantitative estimate of drug-likeness (QED) is 0.315. The molecule has 0 aliphatic carbocycles. The highest BCUT2D eigenvalue weighted by molar-refractivity contribution is 5.43. The fraction of sp³-hybridized carbons (Fsp3) is 0.276. The normalized spacial score (nSPS) is 12.1. The van der Waals surface area contributed by atoms with Gasteiger partial charge in [0.05, 0.1) is 29.7 Å². The van der Waals surface area contributed by atoms with Crippen molar-refractivity contribution >= 4 is 0 Å². The molecule has 0 radical (unpaired) electrons. The topological polar surface area (TPSA) is 59.8 Å². The summed E-state index contributed by atoms with van der Waals surface area (Å²) in [5, 5.41) is 15.8. The van der Waals surface area contributed by atoms with Crippen LogP contribution in [0.4, 0.5) is 0 Å². The summed E-state index contributed by atoms with van der Waals surface area (Å²) in [6.45, 7) is 6.30. The van der Waals surface area contributed by atoms with Crippen LogP contribution in [0.15, 0.2) is 84.9 Å². The summed E-state index contributed by atoms with van der Waals surface area (Å²) in [7, 11) is 1.69. The minimum absolute atomic E-state index is 0.465. The minimum atomic E-state index is -0.612. The van der Waals surface area contributed by atoms with Crippen LogP contribution in [-0.2, 0) is 11.3 Å². The molecule has 1 heterocycles. The van der Waals surface area contributed by atoms with E-state index in [2.05, 4.69) is 4.90 Å². The van der Waals surface area contributed by atoms with E-state index in [0.29, 0.717) is 32.1 Å². The number of hydrogen-bond acceptors (Lipinski definition) is 5. The van der Waals surface area contributed by atoms with E-state index >= 15 is 0 Å². The zero-order chi connectivity index (χ0) is 24.6. The first kappa shape index (κ1) is 24.7. The van der Waals surface area contributed by atoms with Crippen molar-refractivity contribution < 1.29 is 14.6 Å². The Morgan fingerprint density at radius 2 is 1.66 bits per heavy atom. The number of nitrogens with zero attached hydrogens (tertiary/aromatic N) is 3. The predicted octanol–water partition coefficient (Wildman–Crippen LogP) is 5.46. The Hall–Kier alpha value is -3.45. The molecular weight excluding hydrogens is 438 g/mol. The first-order chi connectivity index (χ1) is 17.0. The Labute approximate surface area is 207 Å². The van der Waals surface area contributed by atoms with Crippen molar-refractivity contribution in [2.45, 2.75) is 26.5 Å². The molecule has 182 valence electrons. The first-order valence-corrected chi connectivity index (χ1v) is 11.9. The molecule has 4 aromatic rings. The lowest BCUT2D eigenvalue weighted by Gasteiger charge is -2.25.